The molecule has 0 bridgehead atoms. The second-order valence-corrected chi connectivity index (χ2v) is 7.73. The van der Waals surface area contributed by atoms with Gasteiger partial charge in [-0.05, 0) is 60.0 Å². The van der Waals surface area contributed by atoms with Gasteiger partial charge in [-0.3, -0.25) is 9.36 Å². The summed E-state index contributed by atoms with van der Waals surface area (Å²) < 4.78 is 29.2. The summed E-state index contributed by atoms with van der Waals surface area (Å²) in [6.45, 7) is 1.93. The van der Waals surface area contributed by atoms with Gasteiger partial charge in [-0.25, -0.2) is 13.8 Å². The Morgan fingerprint density at radius 1 is 1.03 bits per heavy atom. The van der Waals surface area contributed by atoms with E-state index in [0.717, 1.165) is 6.07 Å². The molecule has 1 heterocycles. The fourth-order valence-electron chi connectivity index (χ4n) is 3.90. The van der Waals surface area contributed by atoms with Crippen molar-refractivity contribution in [3.8, 4) is 28.4 Å². The molecule has 0 aliphatic carbocycles. The number of phenols is 1. The number of aromatic nitrogens is 2. The van der Waals surface area contributed by atoms with E-state index in [2.05, 4.69) is 10.2 Å². The number of rotatable bonds is 7. The Labute approximate surface area is 194 Å². The molecular weight excluding hydrogens is 440 g/mol. The molecule has 3 aromatic carbocycles. The lowest BCUT2D eigenvalue weighted by atomic mass is 10.0. The second kappa shape index (κ2) is 9.74. The standard InChI is InChI=1S/C26H21F2N3O3/c1-2-20-23(17-7-4-9-19(15-17)30-34)29-25(21-10-5-11-22(28)24(21)32)31(26(20)33)13-12-16-6-3-8-18(27)14-16/h3-11,14-15,32H,2,12-13H2,1H3. The van der Waals surface area contributed by atoms with Crippen LogP contribution in [0.4, 0.5) is 14.5 Å². The number of hydrogen-bond donors (Lipinski definition) is 1. The van der Waals surface area contributed by atoms with Crippen LogP contribution in [-0.2, 0) is 19.4 Å². The average molecular weight is 461 g/mol. The van der Waals surface area contributed by atoms with E-state index in [-0.39, 0.29) is 35.0 Å². The number of phenolic OH excluding ortho intramolecular Hbond substituents is 1. The fraction of sp³-hybridized carbons (Fsp3) is 0.154. The summed E-state index contributed by atoms with van der Waals surface area (Å²) in [6.07, 6.45) is 0.658. The van der Waals surface area contributed by atoms with E-state index in [1.54, 1.807) is 31.2 Å². The Bertz CT molecular complexity index is 1430. The predicted octanol–water partition coefficient (Wildman–Crippen LogP) is 5.76. The van der Waals surface area contributed by atoms with Crippen LogP contribution >= 0.6 is 0 Å². The van der Waals surface area contributed by atoms with Crippen LogP contribution in [0.3, 0.4) is 0 Å². The third kappa shape index (κ3) is 4.47. The second-order valence-electron chi connectivity index (χ2n) is 7.73. The molecule has 8 heteroatoms. The van der Waals surface area contributed by atoms with E-state index in [0.29, 0.717) is 35.2 Å². The molecule has 0 saturated carbocycles. The van der Waals surface area contributed by atoms with Gasteiger partial charge >= 0.3 is 0 Å². The Morgan fingerprint density at radius 2 is 1.79 bits per heavy atom. The van der Waals surface area contributed by atoms with Crippen LogP contribution in [0.25, 0.3) is 22.6 Å². The van der Waals surface area contributed by atoms with Gasteiger partial charge in [0.25, 0.3) is 5.56 Å². The topological polar surface area (TPSA) is 84.5 Å². The van der Waals surface area contributed by atoms with Crippen LogP contribution in [0.5, 0.6) is 5.75 Å². The maximum Gasteiger partial charge on any atom is 0.257 e. The van der Waals surface area contributed by atoms with Crippen molar-refractivity contribution in [2.24, 2.45) is 5.18 Å². The highest BCUT2D eigenvalue weighted by atomic mass is 19.1. The van der Waals surface area contributed by atoms with E-state index in [1.807, 2.05) is 0 Å². The summed E-state index contributed by atoms with van der Waals surface area (Å²) in [4.78, 5) is 29.3. The number of aromatic hydroxyl groups is 1. The maximum atomic E-state index is 14.2. The van der Waals surface area contributed by atoms with Gasteiger partial charge in [0.1, 0.15) is 17.3 Å². The Morgan fingerprint density at radius 3 is 2.53 bits per heavy atom. The third-order valence-corrected chi connectivity index (χ3v) is 5.58. The van der Waals surface area contributed by atoms with E-state index in [1.165, 1.54) is 41.0 Å². The van der Waals surface area contributed by atoms with Crippen LogP contribution in [0.15, 0.2) is 76.7 Å². The summed E-state index contributed by atoms with van der Waals surface area (Å²) in [5.74, 6) is -1.81. The van der Waals surface area contributed by atoms with Gasteiger partial charge in [0, 0.05) is 17.7 Å². The first-order valence-electron chi connectivity index (χ1n) is 10.7. The quantitative estimate of drug-likeness (QED) is 0.355. The highest BCUT2D eigenvalue weighted by molar-refractivity contribution is 5.71. The molecule has 1 aromatic heterocycles. The lowest BCUT2D eigenvalue weighted by Crippen LogP contribution is -2.28. The Kier molecular flexibility index (Phi) is 6.58. The lowest BCUT2D eigenvalue weighted by molar-refractivity contribution is 0.433. The molecule has 4 aromatic rings. The number of nitroso groups, excluding NO2 is 1. The first kappa shape index (κ1) is 23.0. The normalized spacial score (nSPS) is 10.9. The van der Waals surface area contributed by atoms with Crippen molar-refractivity contribution in [2.75, 3.05) is 0 Å². The number of aryl methyl sites for hydroxylation is 1. The molecule has 34 heavy (non-hydrogen) atoms. The number of halogens is 2. The summed E-state index contributed by atoms with van der Waals surface area (Å²) in [5.41, 5.74) is 1.73. The van der Waals surface area contributed by atoms with E-state index < -0.39 is 11.6 Å². The molecule has 0 amide bonds. The molecule has 0 radical (unpaired) electrons. The summed E-state index contributed by atoms with van der Waals surface area (Å²) in [5, 5.41) is 13.4. The highest BCUT2D eigenvalue weighted by Gasteiger charge is 2.21. The predicted molar refractivity (Wildman–Crippen MR) is 126 cm³/mol. The molecule has 0 aliphatic rings. The summed E-state index contributed by atoms with van der Waals surface area (Å²) in [6, 6.07) is 16.4. The fourth-order valence-corrected chi connectivity index (χ4v) is 3.90. The minimum absolute atomic E-state index is 0.0462. The van der Waals surface area contributed by atoms with Crippen LogP contribution in [0, 0.1) is 16.5 Å². The maximum absolute atomic E-state index is 14.2. The third-order valence-electron chi connectivity index (χ3n) is 5.58. The van der Waals surface area contributed by atoms with Crippen molar-refractivity contribution in [3.63, 3.8) is 0 Å². The molecule has 1 N–H and O–H groups in total. The number of para-hydroxylation sites is 1. The average Bonchev–Trinajstić information content (AvgIpc) is 2.84. The molecule has 0 aliphatic heterocycles. The first-order chi connectivity index (χ1) is 16.4. The van der Waals surface area contributed by atoms with Gasteiger partial charge in [0.2, 0.25) is 0 Å². The van der Waals surface area contributed by atoms with Gasteiger partial charge in [-0.2, -0.15) is 0 Å². The monoisotopic (exact) mass is 461 g/mol. The number of nitrogens with zero attached hydrogens (tertiary/aromatic N) is 3. The van der Waals surface area contributed by atoms with Crippen LogP contribution in [0.2, 0.25) is 0 Å². The Hall–Kier alpha value is -4.20. The Balaban J connectivity index is 1.94. The van der Waals surface area contributed by atoms with Gasteiger partial charge in [-0.15, -0.1) is 4.91 Å². The van der Waals surface area contributed by atoms with E-state index in [9.17, 15) is 23.6 Å². The number of benzene rings is 3. The van der Waals surface area contributed by atoms with E-state index >= 15 is 0 Å². The van der Waals surface area contributed by atoms with Gasteiger partial charge in [-0.1, -0.05) is 37.3 Å². The lowest BCUT2D eigenvalue weighted by Gasteiger charge is -2.18. The molecule has 0 fully saturated rings. The van der Waals surface area contributed by atoms with Crippen LogP contribution in [-0.4, -0.2) is 14.7 Å². The SMILES string of the molecule is CCc1c(-c2cccc(N=O)c2)nc(-c2cccc(F)c2O)n(CCc2cccc(F)c2)c1=O. The van der Waals surface area contributed by atoms with Crippen molar-refractivity contribution in [1.82, 2.24) is 9.55 Å². The summed E-state index contributed by atoms with van der Waals surface area (Å²) in [7, 11) is 0. The summed E-state index contributed by atoms with van der Waals surface area (Å²) >= 11 is 0. The minimum atomic E-state index is -0.850. The molecule has 0 atom stereocenters. The van der Waals surface area contributed by atoms with Crippen molar-refractivity contribution in [2.45, 2.75) is 26.3 Å². The minimum Gasteiger partial charge on any atom is -0.504 e. The van der Waals surface area contributed by atoms with Gasteiger partial charge < -0.3 is 5.11 Å². The first-order valence-corrected chi connectivity index (χ1v) is 10.7. The zero-order chi connectivity index (χ0) is 24.2. The van der Waals surface area contributed by atoms with Crippen molar-refractivity contribution < 1.29 is 13.9 Å². The zero-order valence-electron chi connectivity index (χ0n) is 18.3. The smallest absolute Gasteiger partial charge is 0.257 e. The molecular formula is C26H21F2N3O3. The van der Waals surface area contributed by atoms with Crippen LogP contribution in [0.1, 0.15) is 18.1 Å². The molecule has 4 rings (SSSR count). The van der Waals surface area contributed by atoms with Crippen LogP contribution < -0.4 is 5.56 Å². The highest BCUT2D eigenvalue weighted by Crippen LogP contribution is 2.32. The zero-order valence-corrected chi connectivity index (χ0v) is 18.3. The van der Waals surface area contributed by atoms with E-state index in [4.69, 9.17) is 0 Å². The molecule has 0 unspecified atom stereocenters. The van der Waals surface area contributed by atoms with Crippen molar-refractivity contribution in [3.05, 3.63) is 105 Å². The molecule has 0 saturated heterocycles. The van der Waals surface area contributed by atoms with Gasteiger partial charge in [0.15, 0.2) is 11.6 Å². The van der Waals surface area contributed by atoms with Gasteiger partial charge in [0.05, 0.1) is 11.3 Å². The molecule has 0 spiro atoms. The number of hydrogen-bond acceptors (Lipinski definition) is 5. The van der Waals surface area contributed by atoms with Crippen molar-refractivity contribution in [1.29, 1.82) is 0 Å². The van der Waals surface area contributed by atoms with Crippen molar-refractivity contribution >= 4 is 5.69 Å². The molecule has 172 valence electrons. The molecule has 6 nitrogen and oxygen atoms in total. The largest absolute Gasteiger partial charge is 0.504 e.